The topological polar surface area (TPSA) is 32.3 Å². The van der Waals surface area contributed by atoms with Gasteiger partial charge in [0, 0.05) is 6.42 Å². The number of hydrogen-bond donors (Lipinski definition) is 2. The first-order valence-electron chi connectivity index (χ1n) is 13.3. The fraction of sp³-hybridized carbons (Fsp3) is 0.852. The van der Waals surface area contributed by atoms with E-state index in [0.717, 1.165) is 17.6 Å². The van der Waals surface area contributed by atoms with Crippen LogP contribution in [-0.4, -0.2) is 35.5 Å². The van der Waals surface area contributed by atoms with Gasteiger partial charge in [0.15, 0.2) is 6.17 Å². The van der Waals surface area contributed by atoms with Crippen molar-refractivity contribution in [2.45, 2.75) is 129 Å². The highest BCUT2D eigenvalue weighted by Gasteiger charge is 2.35. The molecule has 3 nitrogen and oxygen atoms in total. The van der Waals surface area contributed by atoms with E-state index in [1.807, 2.05) is 0 Å². The molecule has 1 rings (SSSR count). The molecule has 0 amide bonds. The van der Waals surface area contributed by atoms with E-state index in [1.165, 1.54) is 109 Å². The summed E-state index contributed by atoms with van der Waals surface area (Å²) >= 11 is 0. The Morgan fingerprint density at radius 1 is 0.767 bits per heavy atom. The first-order chi connectivity index (χ1) is 14.8. The van der Waals surface area contributed by atoms with Crippen LogP contribution in [0.1, 0.15) is 123 Å². The number of aliphatic hydroxyl groups excluding tert-OH is 1. The molecule has 30 heavy (non-hydrogen) atoms. The molecular weight excluding hydrogens is 368 g/mol. The molecule has 0 fully saturated rings. The van der Waals surface area contributed by atoms with E-state index in [2.05, 4.69) is 43.7 Å². The second kappa shape index (κ2) is 18.9. The Labute approximate surface area is 188 Å². The molecule has 1 aliphatic rings. The van der Waals surface area contributed by atoms with E-state index in [9.17, 15) is 5.11 Å². The molecule has 3 heteroatoms. The summed E-state index contributed by atoms with van der Waals surface area (Å²) in [5, 5.41) is 12.9. The van der Waals surface area contributed by atoms with Crippen molar-refractivity contribution in [3.05, 3.63) is 24.6 Å². The lowest BCUT2D eigenvalue weighted by Gasteiger charge is -2.36. The zero-order chi connectivity index (χ0) is 21.8. The summed E-state index contributed by atoms with van der Waals surface area (Å²) in [7, 11) is 0. The van der Waals surface area contributed by atoms with Crippen molar-refractivity contribution in [3.63, 3.8) is 0 Å². The summed E-state index contributed by atoms with van der Waals surface area (Å²) in [4.78, 5) is 0. The standard InChI is InChI=1S/C27H53N2O/c1-3-5-6-7-8-9-10-11-12-13-14-15-16-17-18-19-20-21-22-27-28-23-24-29(27,4-2)25-26-30/h12-13,23-24,27-28,30H,3-11,14-22,25-26H2,1-2H3/q+1/b13-12+. The van der Waals surface area contributed by atoms with Crippen molar-refractivity contribution in [3.8, 4) is 0 Å². The molecule has 1 heterocycles. The highest BCUT2D eigenvalue weighted by molar-refractivity contribution is 4.84. The Hall–Kier alpha value is -0.800. The van der Waals surface area contributed by atoms with Crippen LogP contribution in [0.2, 0.25) is 0 Å². The average Bonchev–Trinajstić information content (AvgIpc) is 3.16. The fourth-order valence-corrected chi connectivity index (χ4v) is 4.73. The van der Waals surface area contributed by atoms with Gasteiger partial charge < -0.3 is 10.4 Å². The molecule has 0 saturated heterocycles. The normalized spacial score (nSPS) is 21.0. The Balaban J connectivity index is 1.86. The van der Waals surface area contributed by atoms with Gasteiger partial charge in [0.1, 0.15) is 12.7 Å². The molecule has 2 unspecified atom stereocenters. The number of unbranched alkanes of at least 4 members (excludes halogenated alkanes) is 14. The number of nitrogens with zero attached hydrogens (tertiary/aromatic N) is 1. The maximum atomic E-state index is 9.39. The third kappa shape index (κ3) is 12.2. The maximum absolute atomic E-state index is 9.39. The van der Waals surface area contributed by atoms with Crippen LogP contribution in [0.3, 0.4) is 0 Å². The lowest BCUT2D eigenvalue weighted by molar-refractivity contribution is -0.900. The molecule has 0 aromatic heterocycles. The summed E-state index contributed by atoms with van der Waals surface area (Å²) in [5.74, 6) is 0. The van der Waals surface area contributed by atoms with Crippen molar-refractivity contribution in [2.24, 2.45) is 0 Å². The Morgan fingerprint density at radius 3 is 1.83 bits per heavy atom. The largest absolute Gasteiger partial charge is 0.390 e. The SMILES string of the molecule is CCCCCCCCC/C=C/CCCCCCCCCC1NC=C[N+]1(CC)CCO. The molecule has 0 aromatic rings. The minimum Gasteiger partial charge on any atom is -0.390 e. The Kier molecular flexibility index (Phi) is 17.2. The lowest BCUT2D eigenvalue weighted by Crippen LogP contribution is -2.54. The summed E-state index contributed by atoms with van der Waals surface area (Å²) < 4.78 is 0.906. The molecule has 0 saturated carbocycles. The van der Waals surface area contributed by atoms with Gasteiger partial charge in [0.05, 0.1) is 19.4 Å². The van der Waals surface area contributed by atoms with Crippen LogP contribution in [0, 0.1) is 0 Å². The van der Waals surface area contributed by atoms with Crippen LogP contribution >= 0.6 is 0 Å². The number of hydrogen-bond acceptors (Lipinski definition) is 2. The predicted octanol–water partition coefficient (Wildman–Crippen LogP) is 7.42. The maximum Gasteiger partial charge on any atom is 0.166 e. The molecule has 176 valence electrons. The second-order valence-electron chi connectivity index (χ2n) is 9.30. The van der Waals surface area contributed by atoms with Crippen LogP contribution < -0.4 is 5.32 Å². The predicted molar refractivity (Wildman–Crippen MR) is 132 cm³/mol. The van der Waals surface area contributed by atoms with E-state index in [-0.39, 0.29) is 6.61 Å². The molecule has 0 radical (unpaired) electrons. The van der Waals surface area contributed by atoms with E-state index >= 15 is 0 Å². The molecule has 2 atom stereocenters. The van der Waals surface area contributed by atoms with Crippen LogP contribution in [0.4, 0.5) is 0 Å². The second-order valence-corrected chi connectivity index (χ2v) is 9.30. The molecular formula is C27H53N2O+. The van der Waals surface area contributed by atoms with Gasteiger partial charge in [-0.3, -0.25) is 4.48 Å². The summed E-state index contributed by atoms with van der Waals surface area (Å²) in [6, 6.07) is 0. The van der Waals surface area contributed by atoms with Crippen LogP contribution in [-0.2, 0) is 0 Å². The zero-order valence-electron chi connectivity index (χ0n) is 20.4. The van der Waals surface area contributed by atoms with E-state index in [4.69, 9.17) is 0 Å². The van der Waals surface area contributed by atoms with Crippen molar-refractivity contribution in [1.82, 2.24) is 5.32 Å². The quantitative estimate of drug-likeness (QED) is 0.115. The highest BCUT2D eigenvalue weighted by Crippen LogP contribution is 2.23. The van der Waals surface area contributed by atoms with Gasteiger partial charge >= 0.3 is 0 Å². The van der Waals surface area contributed by atoms with Crippen molar-refractivity contribution >= 4 is 0 Å². The zero-order valence-corrected chi connectivity index (χ0v) is 20.4. The van der Waals surface area contributed by atoms with E-state index in [0.29, 0.717) is 6.17 Å². The fourth-order valence-electron chi connectivity index (χ4n) is 4.73. The van der Waals surface area contributed by atoms with Crippen molar-refractivity contribution < 1.29 is 9.59 Å². The molecule has 0 aliphatic carbocycles. The third-order valence-corrected chi connectivity index (χ3v) is 6.88. The highest BCUT2D eigenvalue weighted by atomic mass is 16.3. The molecule has 0 aromatic carbocycles. The number of likely N-dealkylation sites (N-methyl/N-ethyl adjacent to an activating group) is 1. The number of rotatable bonds is 21. The first kappa shape index (κ1) is 27.2. The number of aliphatic hydroxyl groups is 1. The minimum atomic E-state index is 0.269. The molecule has 1 aliphatic heterocycles. The van der Waals surface area contributed by atoms with E-state index in [1.54, 1.807) is 0 Å². The lowest BCUT2D eigenvalue weighted by atomic mass is 10.1. The summed E-state index contributed by atoms with van der Waals surface area (Å²) in [6.45, 7) is 6.67. The smallest absolute Gasteiger partial charge is 0.166 e. The van der Waals surface area contributed by atoms with Crippen LogP contribution in [0.25, 0.3) is 0 Å². The van der Waals surface area contributed by atoms with Crippen molar-refractivity contribution in [2.75, 3.05) is 19.7 Å². The third-order valence-electron chi connectivity index (χ3n) is 6.88. The Morgan fingerprint density at radius 2 is 1.30 bits per heavy atom. The van der Waals surface area contributed by atoms with Crippen molar-refractivity contribution in [1.29, 1.82) is 0 Å². The van der Waals surface area contributed by atoms with Gasteiger partial charge in [-0.05, 0) is 39.0 Å². The van der Waals surface area contributed by atoms with Gasteiger partial charge in [-0.1, -0.05) is 89.7 Å². The Bertz CT molecular complexity index is 435. The number of nitrogens with one attached hydrogen (secondary N) is 1. The first-order valence-corrected chi connectivity index (χ1v) is 13.3. The number of allylic oxidation sites excluding steroid dienone is 2. The number of quaternary nitrogens is 1. The summed E-state index contributed by atoms with van der Waals surface area (Å²) in [5.41, 5.74) is 0. The summed E-state index contributed by atoms with van der Waals surface area (Å²) in [6.07, 6.45) is 32.9. The van der Waals surface area contributed by atoms with Gasteiger partial charge in [-0.15, -0.1) is 0 Å². The minimum absolute atomic E-state index is 0.269. The van der Waals surface area contributed by atoms with Crippen LogP contribution in [0.15, 0.2) is 24.6 Å². The van der Waals surface area contributed by atoms with Gasteiger partial charge in [-0.25, -0.2) is 0 Å². The van der Waals surface area contributed by atoms with E-state index < -0.39 is 0 Å². The van der Waals surface area contributed by atoms with Crippen LogP contribution in [0.5, 0.6) is 0 Å². The molecule has 0 spiro atoms. The van der Waals surface area contributed by atoms with Gasteiger partial charge in [0.25, 0.3) is 0 Å². The molecule has 2 N–H and O–H groups in total. The van der Waals surface area contributed by atoms with Gasteiger partial charge in [-0.2, -0.15) is 0 Å². The monoisotopic (exact) mass is 421 g/mol. The van der Waals surface area contributed by atoms with Gasteiger partial charge in [0.2, 0.25) is 0 Å². The molecule has 0 bridgehead atoms. The average molecular weight is 422 g/mol.